The third-order valence-corrected chi connectivity index (χ3v) is 4.34. The first-order valence-electron chi connectivity index (χ1n) is 9.00. The van der Waals surface area contributed by atoms with E-state index >= 15 is 0 Å². The monoisotopic (exact) mass is 369 g/mol. The molecule has 6 heteroatoms. The number of carbonyl (C=O) groups is 1. The molecule has 0 atom stereocenters. The van der Waals surface area contributed by atoms with Crippen LogP contribution >= 0.6 is 0 Å². The average Bonchev–Trinajstić information content (AvgIpc) is 3.24. The molecule has 4 rings (SSSR count). The van der Waals surface area contributed by atoms with Crippen molar-refractivity contribution in [3.63, 3.8) is 0 Å². The van der Waals surface area contributed by atoms with Gasteiger partial charge in [-0.05, 0) is 35.4 Å². The van der Waals surface area contributed by atoms with Gasteiger partial charge in [0, 0.05) is 25.0 Å². The summed E-state index contributed by atoms with van der Waals surface area (Å²) in [7, 11) is 0. The Bertz CT molecular complexity index is 1120. The molecule has 0 radical (unpaired) electrons. The lowest BCUT2D eigenvalue weighted by Crippen LogP contribution is -2.21. The second-order valence-electron chi connectivity index (χ2n) is 6.31. The molecular weight excluding hydrogens is 350 g/mol. The predicted octanol–water partition coefficient (Wildman–Crippen LogP) is 3.20. The standard InChI is InChI=1S/C22H19N5O/c28-22(11-10-19-15-23-20-8-3-4-9-21(20)26-19)24-14-17-6-1-2-7-18(17)16-27-13-5-12-25-27/h1-13,15H,14,16H2,(H,24,28)/b11-10+. The Kier molecular flexibility index (Phi) is 5.20. The number of rotatable bonds is 6. The highest BCUT2D eigenvalue weighted by Crippen LogP contribution is 2.11. The van der Waals surface area contributed by atoms with Crippen molar-refractivity contribution >= 4 is 23.0 Å². The van der Waals surface area contributed by atoms with Gasteiger partial charge in [0.25, 0.3) is 0 Å². The molecule has 2 heterocycles. The predicted molar refractivity (Wildman–Crippen MR) is 108 cm³/mol. The first kappa shape index (κ1) is 17.6. The lowest BCUT2D eigenvalue weighted by Gasteiger charge is -2.10. The number of hydrogen-bond acceptors (Lipinski definition) is 4. The van der Waals surface area contributed by atoms with Gasteiger partial charge < -0.3 is 5.32 Å². The van der Waals surface area contributed by atoms with Crippen molar-refractivity contribution in [1.29, 1.82) is 0 Å². The van der Waals surface area contributed by atoms with Crippen LogP contribution in [0.5, 0.6) is 0 Å². The van der Waals surface area contributed by atoms with Crippen LogP contribution in [0.1, 0.15) is 16.8 Å². The maximum atomic E-state index is 12.2. The van der Waals surface area contributed by atoms with Gasteiger partial charge in [0.2, 0.25) is 5.91 Å². The molecule has 28 heavy (non-hydrogen) atoms. The van der Waals surface area contributed by atoms with Crippen LogP contribution in [0.3, 0.4) is 0 Å². The molecule has 0 fully saturated rings. The molecule has 0 aliphatic carbocycles. The fraction of sp³-hybridized carbons (Fsp3) is 0.0909. The van der Waals surface area contributed by atoms with Crippen LogP contribution < -0.4 is 5.32 Å². The third-order valence-electron chi connectivity index (χ3n) is 4.34. The largest absolute Gasteiger partial charge is 0.348 e. The Morgan fingerprint density at radius 1 is 1.00 bits per heavy atom. The SMILES string of the molecule is O=C(/C=C/c1cnc2ccccc2n1)NCc1ccccc1Cn1cccn1. The quantitative estimate of drug-likeness (QED) is 0.530. The molecule has 1 N–H and O–H groups in total. The van der Waals surface area contributed by atoms with Crippen molar-refractivity contribution in [3.8, 4) is 0 Å². The van der Waals surface area contributed by atoms with E-state index < -0.39 is 0 Å². The van der Waals surface area contributed by atoms with E-state index in [2.05, 4.69) is 20.4 Å². The first-order chi connectivity index (χ1) is 13.8. The van der Waals surface area contributed by atoms with Gasteiger partial charge in [0.05, 0.1) is 29.5 Å². The van der Waals surface area contributed by atoms with Gasteiger partial charge in [0.1, 0.15) is 0 Å². The van der Waals surface area contributed by atoms with Crippen LogP contribution in [0.15, 0.2) is 79.3 Å². The number of amides is 1. The van der Waals surface area contributed by atoms with Crippen molar-refractivity contribution in [2.45, 2.75) is 13.1 Å². The van der Waals surface area contributed by atoms with Crippen LogP contribution in [0.25, 0.3) is 17.1 Å². The van der Waals surface area contributed by atoms with E-state index in [1.165, 1.54) is 6.08 Å². The number of nitrogens with one attached hydrogen (secondary N) is 1. The Labute approximate surface area is 162 Å². The second kappa shape index (κ2) is 8.26. The summed E-state index contributed by atoms with van der Waals surface area (Å²) in [5.41, 5.74) is 4.46. The molecule has 0 saturated carbocycles. The Morgan fingerprint density at radius 3 is 2.61 bits per heavy atom. The molecule has 0 unspecified atom stereocenters. The molecule has 0 aliphatic heterocycles. The van der Waals surface area contributed by atoms with Crippen LogP contribution in [-0.2, 0) is 17.9 Å². The molecule has 6 nitrogen and oxygen atoms in total. The molecule has 0 saturated heterocycles. The minimum Gasteiger partial charge on any atom is -0.348 e. The minimum absolute atomic E-state index is 0.177. The summed E-state index contributed by atoms with van der Waals surface area (Å²) in [5.74, 6) is -0.177. The van der Waals surface area contributed by atoms with E-state index in [1.54, 1.807) is 18.5 Å². The van der Waals surface area contributed by atoms with Gasteiger partial charge in [-0.3, -0.25) is 14.5 Å². The molecule has 0 spiro atoms. The summed E-state index contributed by atoms with van der Waals surface area (Å²) >= 11 is 0. The Hall–Kier alpha value is -3.80. The maximum absolute atomic E-state index is 12.2. The average molecular weight is 369 g/mol. The van der Waals surface area contributed by atoms with Crippen LogP contribution in [-0.4, -0.2) is 25.7 Å². The fourth-order valence-electron chi connectivity index (χ4n) is 2.91. The molecule has 0 aliphatic rings. The highest BCUT2D eigenvalue weighted by Gasteiger charge is 2.04. The Balaban J connectivity index is 1.39. The number of aromatic nitrogens is 4. The summed E-state index contributed by atoms with van der Waals surface area (Å²) in [6.45, 7) is 1.12. The normalized spacial score (nSPS) is 11.1. The Morgan fingerprint density at radius 2 is 1.79 bits per heavy atom. The molecule has 0 bridgehead atoms. The van der Waals surface area contributed by atoms with E-state index in [0.29, 0.717) is 18.8 Å². The highest BCUT2D eigenvalue weighted by molar-refractivity contribution is 5.91. The lowest BCUT2D eigenvalue weighted by molar-refractivity contribution is -0.116. The zero-order chi connectivity index (χ0) is 19.2. The molecule has 2 aromatic heterocycles. The van der Waals surface area contributed by atoms with E-state index in [0.717, 1.165) is 22.2 Å². The molecule has 138 valence electrons. The van der Waals surface area contributed by atoms with Gasteiger partial charge in [-0.1, -0.05) is 36.4 Å². The molecular formula is C22H19N5O. The molecule has 1 amide bonds. The van der Waals surface area contributed by atoms with E-state index in [9.17, 15) is 4.79 Å². The van der Waals surface area contributed by atoms with Crippen LogP contribution in [0.2, 0.25) is 0 Å². The topological polar surface area (TPSA) is 72.7 Å². The number of nitrogens with zero attached hydrogens (tertiary/aromatic N) is 4. The minimum atomic E-state index is -0.177. The number of para-hydroxylation sites is 2. The van der Waals surface area contributed by atoms with Crippen LogP contribution in [0.4, 0.5) is 0 Å². The lowest BCUT2D eigenvalue weighted by atomic mass is 10.1. The highest BCUT2D eigenvalue weighted by atomic mass is 16.1. The van der Waals surface area contributed by atoms with Gasteiger partial charge in [-0.25, -0.2) is 4.98 Å². The number of hydrogen-bond donors (Lipinski definition) is 1. The van der Waals surface area contributed by atoms with E-state index in [4.69, 9.17) is 0 Å². The maximum Gasteiger partial charge on any atom is 0.244 e. The zero-order valence-corrected chi connectivity index (χ0v) is 15.2. The number of carbonyl (C=O) groups excluding carboxylic acids is 1. The molecule has 2 aromatic carbocycles. The van der Waals surface area contributed by atoms with Crippen molar-refractivity contribution in [2.75, 3.05) is 0 Å². The third kappa shape index (κ3) is 4.29. The van der Waals surface area contributed by atoms with Crippen LogP contribution in [0, 0.1) is 0 Å². The first-order valence-corrected chi connectivity index (χ1v) is 9.00. The number of fused-ring (bicyclic) bond motifs is 1. The van der Waals surface area contributed by atoms with E-state index in [1.807, 2.05) is 65.5 Å². The summed E-state index contributed by atoms with van der Waals surface area (Å²) in [6, 6.07) is 17.5. The summed E-state index contributed by atoms with van der Waals surface area (Å²) in [6.07, 6.45) is 8.48. The van der Waals surface area contributed by atoms with Crippen molar-refractivity contribution in [3.05, 3.63) is 96.1 Å². The summed E-state index contributed by atoms with van der Waals surface area (Å²) < 4.78 is 1.86. The summed E-state index contributed by atoms with van der Waals surface area (Å²) in [4.78, 5) is 21.0. The van der Waals surface area contributed by atoms with Crippen molar-refractivity contribution in [1.82, 2.24) is 25.1 Å². The second-order valence-corrected chi connectivity index (χ2v) is 6.31. The van der Waals surface area contributed by atoms with Gasteiger partial charge in [0.15, 0.2) is 0 Å². The summed E-state index contributed by atoms with van der Waals surface area (Å²) in [5, 5.41) is 7.16. The zero-order valence-electron chi connectivity index (χ0n) is 15.2. The fourth-order valence-corrected chi connectivity index (χ4v) is 2.91. The molecule has 4 aromatic rings. The smallest absolute Gasteiger partial charge is 0.244 e. The van der Waals surface area contributed by atoms with Gasteiger partial charge in [-0.15, -0.1) is 0 Å². The van der Waals surface area contributed by atoms with E-state index in [-0.39, 0.29) is 5.91 Å². The van der Waals surface area contributed by atoms with Crippen molar-refractivity contribution in [2.24, 2.45) is 0 Å². The van der Waals surface area contributed by atoms with Gasteiger partial charge in [-0.2, -0.15) is 5.10 Å². The van der Waals surface area contributed by atoms with Gasteiger partial charge >= 0.3 is 0 Å². The van der Waals surface area contributed by atoms with Crippen molar-refractivity contribution < 1.29 is 4.79 Å². The number of benzene rings is 2.